The van der Waals surface area contributed by atoms with E-state index in [1.807, 2.05) is 6.08 Å². The van der Waals surface area contributed by atoms with Gasteiger partial charge in [0, 0.05) is 0 Å². The normalized spacial score (nSPS) is 10.0. The quantitative estimate of drug-likeness (QED) is 0.481. The van der Waals surface area contributed by atoms with Crippen molar-refractivity contribution in [3.63, 3.8) is 0 Å². The lowest BCUT2D eigenvalue weighted by molar-refractivity contribution is 0.930. The number of fused-ring (bicyclic) bond motifs is 1. The van der Waals surface area contributed by atoms with E-state index in [0.717, 1.165) is 6.42 Å². The van der Waals surface area contributed by atoms with E-state index in [1.54, 1.807) is 0 Å². The van der Waals surface area contributed by atoms with Gasteiger partial charge in [0.05, 0.1) is 0 Å². The molecule has 0 radical (unpaired) electrons. The van der Waals surface area contributed by atoms with Crippen molar-refractivity contribution in [2.45, 2.75) is 33.1 Å². The lowest BCUT2D eigenvalue weighted by atomic mass is 10.0. The summed E-state index contributed by atoms with van der Waals surface area (Å²) in [6.45, 7) is 8.01. The van der Waals surface area contributed by atoms with Crippen LogP contribution in [0.25, 0.3) is 10.8 Å². The van der Waals surface area contributed by atoms with E-state index in [0.29, 0.717) is 0 Å². The van der Waals surface area contributed by atoms with E-state index < -0.39 is 0 Å². The molecule has 0 aliphatic rings. The third kappa shape index (κ3) is 5.10. The van der Waals surface area contributed by atoms with Crippen LogP contribution < -0.4 is 0 Å². The SMILES string of the molecule is C=CCc1cccc(C)c1.CCCc1cccc2ccccc12. The molecule has 118 valence electrons. The van der Waals surface area contributed by atoms with Crippen LogP contribution in [0.4, 0.5) is 0 Å². The predicted molar refractivity (Wildman–Crippen MR) is 103 cm³/mol. The maximum atomic E-state index is 3.69. The Kier molecular flexibility index (Phi) is 6.62. The van der Waals surface area contributed by atoms with Crippen LogP contribution in [-0.4, -0.2) is 0 Å². The van der Waals surface area contributed by atoms with E-state index in [9.17, 15) is 0 Å². The van der Waals surface area contributed by atoms with E-state index in [2.05, 4.69) is 87.2 Å². The van der Waals surface area contributed by atoms with Crippen LogP contribution in [0.1, 0.15) is 30.0 Å². The van der Waals surface area contributed by atoms with Crippen LogP contribution in [0.5, 0.6) is 0 Å². The number of hydrogen-bond acceptors (Lipinski definition) is 0. The van der Waals surface area contributed by atoms with E-state index >= 15 is 0 Å². The summed E-state index contributed by atoms with van der Waals surface area (Å²) in [5.41, 5.74) is 4.13. The molecule has 0 aliphatic carbocycles. The van der Waals surface area contributed by atoms with Crippen LogP contribution >= 0.6 is 0 Å². The maximum Gasteiger partial charge on any atom is -0.0100 e. The Morgan fingerprint density at radius 3 is 2.39 bits per heavy atom. The number of benzene rings is 3. The van der Waals surface area contributed by atoms with Crippen molar-refractivity contribution in [2.75, 3.05) is 0 Å². The molecule has 0 spiro atoms. The Labute approximate surface area is 140 Å². The van der Waals surface area contributed by atoms with Crippen molar-refractivity contribution < 1.29 is 0 Å². The third-order valence-electron chi connectivity index (χ3n) is 3.86. The van der Waals surface area contributed by atoms with Crippen molar-refractivity contribution in [2.24, 2.45) is 0 Å². The van der Waals surface area contributed by atoms with Gasteiger partial charge >= 0.3 is 0 Å². The number of hydrogen-bond donors (Lipinski definition) is 0. The molecular weight excluding hydrogens is 276 g/mol. The van der Waals surface area contributed by atoms with Crippen molar-refractivity contribution in [3.8, 4) is 0 Å². The van der Waals surface area contributed by atoms with Gasteiger partial charge in [-0.3, -0.25) is 0 Å². The average molecular weight is 302 g/mol. The first-order valence-electron chi connectivity index (χ1n) is 8.37. The van der Waals surface area contributed by atoms with Gasteiger partial charge in [-0.2, -0.15) is 0 Å². The second-order valence-corrected chi connectivity index (χ2v) is 5.87. The molecule has 3 aromatic rings. The summed E-state index contributed by atoms with van der Waals surface area (Å²) in [6.07, 6.45) is 5.30. The molecule has 0 nitrogen and oxygen atoms in total. The molecule has 0 heteroatoms. The Bertz CT molecular complexity index is 747. The van der Waals surface area contributed by atoms with Crippen molar-refractivity contribution in [1.82, 2.24) is 0 Å². The molecule has 0 aromatic heterocycles. The summed E-state index contributed by atoms with van der Waals surface area (Å²) in [5.74, 6) is 0. The molecule has 0 saturated carbocycles. The van der Waals surface area contributed by atoms with Crippen molar-refractivity contribution in [1.29, 1.82) is 0 Å². The Morgan fingerprint density at radius 2 is 1.65 bits per heavy atom. The summed E-state index contributed by atoms with van der Waals surface area (Å²) >= 11 is 0. The van der Waals surface area contributed by atoms with E-state index in [1.165, 1.54) is 40.3 Å². The van der Waals surface area contributed by atoms with Gasteiger partial charge in [0.25, 0.3) is 0 Å². The van der Waals surface area contributed by atoms with Crippen LogP contribution in [0.2, 0.25) is 0 Å². The molecule has 0 heterocycles. The summed E-state index contributed by atoms with van der Waals surface area (Å²) in [5, 5.41) is 2.76. The largest absolute Gasteiger partial charge is 0.103 e. The minimum Gasteiger partial charge on any atom is -0.103 e. The molecule has 0 atom stereocenters. The Hall–Kier alpha value is -2.34. The van der Waals surface area contributed by atoms with Gasteiger partial charge in [-0.05, 0) is 41.7 Å². The monoisotopic (exact) mass is 302 g/mol. The average Bonchev–Trinajstić information content (AvgIpc) is 2.57. The molecule has 0 aliphatic heterocycles. The van der Waals surface area contributed by atoms with E-state index in [-0.39, 0.29) is 0 Å². The number of rotatable bonds is 4. The fourth-order valence-corrected chi connectivity index (χ4v) is 2.79. The zero-order chi connectivity index (χ0) is 16.5. The number of aryl methyl sites for hydroxylation is 2. The number of allylic oxidation sites excluding steroid dienone is 1. The van der Waals surface area contributed by atoms with Gasteiger partial charge in [0.2, 0.25) is 0 Å². The fraction of sp³-hybridized carbons (Fsp3) is 0.217. The smallest absolute Gasteiger partial charge is 0.0100 e. The lowest BCUT2D eigenvalue weighted by Gasteiger charge is -2.03. The fourth-order valence-electron chi connectivity index (χ4n) is 2.79. The van der Waals surface area contributed by atoms with Crippen LogP contribution in [0, 0.1) is 6.92 Å². The highest BCUT2D eigenvalue weighted by Crippen LogP contribution is 2.19. The minimum absolute atomic E-state index is 0.974. The maximum absolute atomic E-state index is 3.69. The van der Waals surface area contributed by atoms with Crippen LogP contribution in [0.15, 0.2) is 79.4 Å². The zero-order valence-corrected chi connectivity index (χ0v) is 14.3. The molecule has 0 unspecified atom stereocenters. The minimum atomic E-state index is 0.974. The molecule has 3 rings (SSSR count). The molecule has 0 saturated heterocycles. The van der Waals surface area contributed by atoms with Crippen LogP contribution in [0.3, 0.4) is 0 Å². The molecule has 0 fully saturated rings. The molecule has 0 amide bonds. The van der Waals surface area contributed by atoms with Gasteiger partial charge in [-0.25, -0.2) is 0 Å². The topological polar surface area (TPSA) is 0 Å². The van der Waals surface area contributed by atoms with Gasteiger partial charge in [-0.1, -0.05) is 91.7 Å². The van der Waals surface area contributed by atoms with Crippen LogP contribution in [-0.2, 0) is 12.8 Å². The Morgan fingerprint density at radius 1 is 0.913 bits per heavy atom. The summed E-state index contributed by atoms with van der Waals surface area (Å²) in [6, 6.07) is 23.6. The molecule has 0 N–H and O–H groups in total. The first-order valence-corrected chi connectivity index (χ1v) is 8.37. The predicted octanol–water partition coefficient (Wildman–Crippen LogP) is 6.52. The summed E-state index contributed by atoms with van der Waals surface area (Å²) < 4.78 is 0. The molecule has 0 bridgehead atoms. The highest BCUT2D eigenvalue weighted by atomic mass is 14.0. The lowest BCUT2D eigenvalue weighted by Crippen LogP contribution is -1.84. The molecule has 23 heavy (non-hydrogen) atoms. The molecule has 3 aromatic carbocycles. The van der Waals surface area contributed by atoms with Gasteiger partial charge in [0.15, 0.2) is 0 Å². The van der Waals surface area contributed by atoms with Crippen molar-refractivity contribution >= 4 is 10.8 Å². The van der Waals surface area contributed by atoms with Crippen molar-refractivity contribution in [3.05, 3.63) is 96.1 Å². The van der Waals surface area contributed by atoms with E-state index in [4.69, 9.17) is 0 Å². The standard InChI is InChI=1S/C13H14.C10H12/c1-2-6-11-8-5-9-12-7-3-4-10-13(11)12;1-3-5-10-7-4-6-9(2)8-10/h3-5,7-10H,2,6H2,1H3;3-4,6-8H,1,5H2,2H3. The summed E-state index contributed by atoms with van der Waals surface area (Å²) in [7, 11) is 0. The second kappa shape index (κ2) is 8.95. The highest BCUT2D eigenvalue weighted by Gasteiger charge is 1.97. The second-order valence-electron chi connectivity index (χ2n) is 5.87. The van der Waals surface area contributed by atoms with Gasteiger partial charge < -0.3 is 0 Å². The first kappa shape index (κ1) is 17.0. The third-order valence-corrected chi connectivity index (χ3v) is 3.86. The Balaban J connectivity index is 0.000000174. The zero-order valence-electron chi connectivity index (χ0n) is 14.3. The first-order chi connectivity index (χ1) is 11.2. The van der Waals surface area contributed by atoms with Gasteiger partial charge in [-0.15, -0.1) is 6.58 Å². The van der Waals surface area contributed by atoms with Gasteiger partial charge in [0.1, 0.15) is 0 Å². The highest BCUT2D eigenvalue weighted by molar-refractivity contribution is 5.85. The molecular formula is C23H26. The summed E-state index contributed by atoms with van der Waals surface area (Å²) in [4.78, 5) is 0.